The van der Waals surface area contributed by atoms with Gasteiger partial charge in [0.25, 0.3) is 0 Å². The maximum Gasteiger partial charge on any atom is 0.234 e. The summed E-state index contributed by atoms with van der Waals surface area (Å²) in [6.45, 7) is 3.47. The van der Waals surface area contributed by atoms with Crippen LogP contribution in [0.4, 0.5) is 0 Å². The molecule has 19 heavy (non-hydrogen) atoms. The Hall–Kier alpha value is -1.47. The maximum absolute atomic E-state index is 11.7. The Labute approximate surface area is 112 Å². The highest BCUT2D eigenvalue weighted by Gasteiger charge is 2.15. The SMILES string of the molecule is O=C(CNCCCn1ccnn1)NC1CCOCC1. The maximum atomic E-state index is 11.7. The van der Waals surface area contributed by atoms with Crippen molar-refractivity contribution in [1.82, 2.24) is 25.6 Å². The first kappa shape index (κ1) is 14.0. The van der Waals surface area contributed by atoms with E-state index in [2.05, 4.69) is 20.9 Å². The molecule has 0 radical (unpaired) electrons. The number of nitrogens with one attached hydrogen (secondary N) is 2. The van der Waals surface area contributed by atoms with Gasteiger partial charge in [0.05, 0.1) is 12.7 Å². The van der Waals surface area contributed by atoms with Crippen molar-refractivity contribution in [3.05, 3.63) is 12.4 Å². The van der Waals surface area contributed by atoms with Gasteiger partial charge in [-0.05, 0) is 25.8 Å². The van der Waals surface area contributed by atoms with Gasteiger partial charge in [-0.3, -0.25) is 9.48 Å². The molecule has 1 amide bonds. The van der Waals surface area contributed by atoms with Crippen LogP contribution in [0.25, 0.3) is 0 Å². The molecule has 7 heteroatoms. The van der Waals surface area contributed by atoms with E-state index in [0.29, 0.717) is 6.54 Å². The molecule has 0 aromatic carbocycles. The number of rotatable bonds is 7. The van der Waals surface area contributed by atoms with E-state index in [1.54, 1.807) is 10.9 Å². The molecule has 2 heterocycles. The van der Waals surface area contributed by atoms with Crippen molar-refractivity contribution < 1.29 is 9.53 Å². The molecule has 0 unspecified atom stereocenters. The minimum absolute atomic E-state index is 0.0626. The molecule has 1 saturated heterocycles. The first-order valence-corrected chi connectivity index (χ1v) is 6.76. The van der Waals surface area contributed by atoms with Gasteiger partial charge in [0.15, 0.2) is 0 Å². The summed E-state index contributed by atoms with van der Waals surface area (Å²) in [7, 11) is 0. The van der Waals surface area contributed by atoms with E-state index < -0.39 is 0 Å². The summed E-state index contributed by atoms with van der Waals surface area (Å²) in [6.07, 6.45) is 6.25. The van der Waals surface area contributed by atoms with Crippen molar-refractivity contribution in [2.24, 2.45) is 0 Å². The minimum Gasteiger partial charge on any atom is -0.381 e. The minimum atomic E-state index is 0.0626. The van der Waals surface area contributed by atoms with Crippen molar-refractivity contribution in [2.75, 3.05) is 26.3 Å². The predicted molar refractivity (Wildman–Crippen MR) is 69.5 cm³/mol. The van der Waals surface area contributed by atoms with Crippen LogP contribution < -0.4 is 10.6 Å². The van der Waals surface area contributed by atoms with Gasteiger partial charge in [-0.1, -0.05) is 5.21 Å². The number of carbonyl (C=O) groups excluding carboxylic acids is 1. The van der Waals surface area contributed by atoms with E-state index in [1.165, 1.54) is 0 Å². The summed E-state index contributed by atoms with van der Waals surface area (Å²) in [5.74, 6) is 0.0626. The number of carbonyl (C=O) groups is 1. The smallest absolute Gasteiger partial charge is 0.234 e. The standard InChI is InChI=1S/C12H21N5O2/c18-12(15-11-2-8-19-9-3-11)10-13-4-1-6-17-7-5-14-16-17/h5,7,11,13H,1-4,6,8-10H2,(H,15,18). The number of aryl methyl sites for hydroxylation is 1. The average Bonchev–Trinajstić information content (AvgIpc) is 2.92. The molecule has 0 atom stereocenters. The quantitative estimate of drug-likeness (QED) is 0.654. The molecule has 0 aliphatic carbocycles. The van der Waals surface area contributed by atoms with Crippen molar-refractivity contribution in [1.29, 1.82) is 0 Å². The predicted octanol–water partition coefficient (Wildman–Crippen LogP) is -0.447. The fraction of sp³-hybridized carbons (Fsp3) is 0.750. The highest BCUT2D eigenvalue weighted by atomic mass is 16.5. The van der Waals surface area contributed by atoms with Crippen LogP contribution in [0.15, 0.2) is 12.4 Å². The number of nitrogens with zero attached hydrogens (tertiary/aromatic N) is 3. The van der Waals surface area contributed by atoms with Gasteiger partial charge in [-0.15, -0.1) is 5.10 Å². The Morgan fingerprint density at radius 3 is 3.00 bits per heavy atom. The summed E-state index contributed by atoms with van der Waals surface area (Å²) < 4.78 is 7.03. The molecule has 0 bridgehead atoms. The molecule has 2 N–H and O–H groups in total. The highest BCUT2D eigenvalue weighted by molar-refractivity contribution is 5.78. The Kier molecular flexibility index (Phi) is 5.77. The third-order valence-corrected chi connectivity index (χ3v) is 3.08. The zero-order valence-electron chi connectivity index (χ0n) is 11.0. The summed E-state index contributed by atoms with van der Waals surface area (Å²) in [5.41, 5.74) is 0. The second-order valence-electron chi connectivity index (χ2n) is 4.65. The third kappa shape index (κ3) is 5.35. The third-order valence-electron chi connectivity index (χ3n) is 3.08. The van der Waals surface area contributed by atoms with Crippen LogP contribution in [0.3, 0.4) is 0 Å². The summed E-state index contributed by atoms with van der Waals surface area (Å²) in [4.78, 5) is 11.7. The second-order valence-corrected chi connectivity index (χ2v) is 4.65. The number of hydrogen-bond acceptors (Lipinski definition) is 5. The topological polar surface area (TPSA) is 81.1 Å². The Bertz CT molecular complexity index is 362. The highest BCUT2D eigenvalue weighted by Crippen LogP contribution is 2.05. The number of ether oxygens (including phenoxy) is 1. The summed E-state index contributed by atoms with van der Waals surface area (Å²) >= 11 is 0. The number of hydrogen-bond donors (Lipinski definition) is 2. The summed E-state index contributed by atoms with van der Waals surface area (Å²) in [6, 6.07) is 0.276. The lowest BCUT2D eigenvalue weighted by Crippen LogP contribution is -2.43. The van der Waals surface area contributed by atoms with Crippen molar-refractivity contribution in [3.63, 3.8) is 0 Å². The molecule has 1 aromatic heterocycles. The van der Waals surface area contributed by atoms with Crippen LogP contribution in [-0.4, -0.2) is 53.2 Å². The Balaban J connectivity index is 1.49. The van der Waals surface area contributed by atoms with Gasteiger partial charge < -0.3 is 15.4 Å². The largest absolute Gasteiger partial charge is 0.381 e. The summed E-state index contributed by atoms with van der Waals surface area (Å²) in [5, 5.41) is 13.8. The van der Waals surface area contributed by atoms with Gasteiger partial charge in [-0.2, -0.15) is 0 Å². The normalized spacial score (nSPS) is 16.4. The van der Waals surface area contributed by atoms with E-state index >= 15 is 0 Å². The molecule has 0 saturated carbocycles. The lowest BCUT2D eigenvalue weighted by atomic mass is 10.1. The van der Waals surface area contributed by atoms with Gasteiger partial charge in [0, 0.05) is 32.0 Å². The van der Waals surface area contributed by atoms with E-state index in [9.17, 15) is 4.79 Å². The van der Waals surface area contributed by atoms with Crippen LogP contribution in [0.2, 0.25) is 0 Å². The lowest BCUT2D eigenvalue weighted by molar-refractivity contribution is -0.121. The van der Waals surface area contributed by atoms with Crippen LogP contribution in [0.5, 0.6) is 0 Å². The van der Waals surface area contributed by atoms with Crippen LogP contribution in [0, 0.1) is 0 Å². The molecular formula is C12H21N5O2. The van der Waals surface area contributed by atoms with Crippen LogP contribution in [0.1, 0.15) is 19.3 Å². The first-order chi connectivity index (χ1) is 9.34. The Morgan fingerprint density at radius 1 is 1.42 bits per heavy atom. The van der Waals surface area contributed by atoms with E-state index in [0.717, 1.165) is 45.6 Å². The molecule has 0 spiro atoms. The zero-order chi connectivity index (χ0) is 13.3. The fourth-order valence-corrected chi connectivity index (χ4v) is 2.04. The Morgan fingerprint density at radius 2 is 2.26 bits per heavy atom. The van der Waals surface area contributed by atoms with Gasteiger partial charge in [0.1, 0.15) is 0 Å². The van der Waals surface area contributed by atoms with E-state index in [4.69, 9.17) is 4.74 Å². The van der Waals surface area contributed by atoms with E-state index in [-0.39, 0.29) is 11.9 Å². The molecule has 1 fully saturated rings. The van der Waals surface area contributed by atoms with E-state index in [1.807, 2.05) is 6.20 Å². The van der Waals surface area contributed by atoms with Crippen LogP contribution >= 0.6 is 0 Å². The van der Waals surface area contributed by atoms with Gasteiger partial charge in [-0.25, -0.2) is 0 Å². The second kappa shape index (κ2) is 7.85. The molecule has 2 rings (SSSR count). The number of amides is 1. The van der Waals surface area contributed by atoms with Gasteiger partial charge in [0.2, 0.25) is 5.91 Å². The fourth-order valence-electron chi connectivity index (χ4n) is 2.04. The van der Waals surface area contributed by atoms with Crippen molar-refractivity contribution >= 4 is 5.91 Å². The van der Waals surface area contributed by atoms with Crippen molar-refractivity contribution in [3.8, 4) is 0 Å². The average molecular weight is 267 g/mol. The molecule has 106 valence electrons. The number of aromatic nitrogens is 3. The van der Waals surface area contributed by atoms with Crippen LogP contribution in [-0.2, 0) is 16.1 Å². The molecule has 1 aliphatic rings. The first-order valence-electron chi connectivity index (χ1n) is 6.76. The zero-order valence-corrected chi connectivity index (χ0v) is 11.0. The van der Waals surface area contributed by atoms with Gasteiger partial charge >= 0.3 is 0 Å². The molecule has 7 nitrogen and oxygen atoms in total. The van der Waals surface area contributed by atoms with Crippen molar-refractivity contribution in [2.45, 2.75) is 31.8 Å². The molecule has 1 aromatic rings. The molecular weight excluding hydrogens is 246 g/mol. The lowest BCUT2D eigenvalue weighted by Gasteiger charge is -2.23. The molecule has 1 aliphatic heterocycles. The monoisotopic (exact) mass is 267 g/mol.